The molecule has 1 fully saturated rings. The molecule has 0 amide bonds. The van der Waals surface area contributed by atoms with E-state index in [0.717, 1.165) is 32.2 Å². The van der Waals surface area contributed by atoms with Crippen LogP contribution in [0.25, 0.3) is 0 Å². The standard InChI is InChI=1S/C14H21NO2/c1-2-3-8-17-14(16)12-9-11-6-4-5-7-13(11)15-10-12/h4-5,7,11-12,15H,2-3,6,8-10H2,1H3. The Bertz CT molecular complexity index is 333. The molecule has 2 atom stereocenters. The minimum Gasteiger partial charge on any atom is -0.465 e. The van der Waals surface area contributed by atoms with Gasteiger partial charge in [-0.1, -0.05) is 25.5 Å². The average molecular weight is 235 g/mol. The summed E-state index contributed by atoms with van der Waals surface area (Å²) < 4.78 is 5.29. The number of piperidine rings is 1. The van der Waals surface area contributed by atoms with E-state index in [1.165, 1.54) is 5.70 Å². The van der Waals surface area contributed by atoms with Crippen LogP contribution in [0.15, 0.2) is 23.9 Å². The number of esters is 1. The zero-order chi connectivity index (χ0) is 12.1. The minimum absolute atomic E-state index is 0.0282. The van der Waals surface area contributed by atoms with Crippen molar-refractivity contribution >= 4 is 5.97 Å². The zero-order valence-electron chi connectivity index (χ0n) is 10.4. The first-order chi connectivity index (χ1) is 8.31. The van der Waals surface area contributed by atoms with Gasteiger partial charge in [-0.2, -0.15) is 0 Å². The Morgan fingerprint density at radius 1 is 1.59 bits per heavy atom. The largest absolute Gasteiger partial charge is 0.465 e. The van der Waals surface area contributed by atoms with Gasteiger partial charge in [-0.05, 0) is 25.3 Å². The van der Waals surface area contributed by atoms with Crippen molar-refractivity contribution in [2.24, 2.45) is 11.8 Å². The van der Waals surface area contributed by atoms with E-state index in [2.05, 4.69) is 30.5 Å². The van der Waals surface area contributed by atoms with E-state index in [0.29, 0.717) is 12.5 Å². The first-order valence-electron chi connectivity index (χ1n) is 6.58. The van der Waals surface area contributed by atoms with Crippen molar-refractivity contribution in [2.75, 3.05) is 13.2 Å². The number of carbonyl (C=O) groups is 1. The van der Waals surface area contributed by atoms with Gasteiger partial charge in [0, 0.05) is 18.2 Å². The van der Waals surface area contributed by atoms with Crippen LogP contribution in [0.3, 0.4) is 0 Å². The van der Waals surface area contributed by atoms with Crippen molar-refractivity contribution in [1.29, 1.82) is 0 Å². The van der Waals surface area contributed by atoms with Crippen LogP contribution in [0.2, 0.25) is 0 Å². The molecule has 1 aliphatic heterocycles. The van der Waals surface area contributed by atoms with E-state index < -0.39 is 0 Å². The summed E-state index contributed by atoms with van der Waals surface area (Å²) in [5, 5.41) is 3.35. The summed E-state index contributed by atoms with van der Waals surface area (Å²) in [5.74, 6) is 0.484. The Morgan fingerprint density at radius 3 is 3.29 bits per heavy atom. The van der Waals surface area contributed by atoms with Crippen molar-refractivity contribution in [3.8, 4) is 0 Å². The fraction of sp³-hybridized carbons (Fsp3) is 0.643. The summed E-state index contributed by atoms with van der Waals surface area (Å²) in [6, 6.07) is 0. The van der Waals surface area contributed by atoms with Crippen molar-refractivity contribution in [3.63, 3.8) is 0 Å². The normalized spacial score (nSPS) is 26.8. The second kappa shape index (κ2) is 5.89. The lowest BCUT2D eigenvalue weighted by Crippen LogP contribution is -2.39. The molecular formula is C14H21NO2. The summed E-state index contributed by atoms with van der Waals surface area (Å²) in [5.41, 5.74) is 1.28. The third-order valence-corrected chi connectivity index (χ3v) is 3.47. The Morgan fingerprint density at radius 2 is 2.47 bits per heavy atom. The number of carbonyl (C=O) groups excluding carboxylic acids is 1. The quantitative estimate of drug-likeness (QED) is 0.600. The molecule has 0 spiro atoms. The molecule has 1 heterocycles. The second-order valence-corrected chi connectivity index (χ2v) is 4.82. The molecule has 1 aliphatic carbocycles. The fourth-order valence-electron chi connectivity index (χ4n) is 2.39. The SMILES string of the molecule is CCCCOC(=O)C1CNC2=CC=CCC2C1. The monoisotopic (exact) mass is 235 g/mol. The van der Waals surface area contributed by atoms with Crippen LogP contribution in [0.5, 0.6) is 0 Å². The lowest BCUT2D eigenvalue weighted by molar-refractivity contribution is -0.149. The van der Waals surface area contributed by atoms with Crippen molar-refractivity contribution in [3.05, 3.63) is 23.9 Å². The van der Waals surface area contributed by atoms with Crippen LogP contribution in [-0.2, 0) is 9.53 Å². The van der Waals surface area contributed by atoms with Crippen LogP contribution in [0.4, 0.5) is 0 Å². The highest BCUT2D eigenvalue weighted by Crippen LogP contribution is 2.30. The first kappa shape index (κ1) is 12.2. The summed E-state index contributed by atoms with van der Waals surface area (Å²) in [7, 11) is 0. The van der Waals surface area contributed by atoms with E-state index in [9.17, 15) is 4.79 Å². The highest BCUT2D eigenvalue weighted by Gasteiger charge is 2.30. The third-order valence-electron chi connectivity index (χ3n) is 3.47. The highest BCUT2D eigenvalue weighted by molar-refractivity contribution is 5.73. The van der Waals surface area contributed by atoms with Gasteiger partial charge in [-0.3, -0.25) is 4.79 Å². The van der Waals surface area contributed by atoms with E-state index in [1.54, 1.807) is 0 Å². The highest BCUT2D eigenvalue weighted by atomic mass is 16.5. The summed E-state index contributed by atoms with van der Waals surface area (Å²) in [6.45, 7) is 3.39. The van der Waals surface area contributed by atoms with Gasteiger partial charge in [-0.25, -0.2) is 0 Å². The van der Waals surface area contributed by atoms with Crippen LogP contribution in [0.1, 0.15) is 32.6 Å². The molecule has 0 bridgehead atoms. The van der Waals surface area contributed by atoms with Crippen LogP contribution in [0, 0.1) is 11.8 Å². The number of hydrogen-bond donors (Lipinski definition) is 1. The number of fused-ring (bicyclic) bond motifs is 1. The minimum atomic E-state index is -0.0282. The zero-order valence-corrected chi connectivity index (χ0v) is 10.4. The molecule has 1 N–H and O–H groups in total. The van der Waals surface area contributed by atoms with Crippen LogP contribution in [-0.4, -0.2) is 19.1 Å². The molecule has 2 unspecified atom stereocenters. The number of rotatable bonds is 4. The molecule has 0 saturated carbocycles. The fourth-order valence-corrected chi connectivity index (χ4v) is 2.39. The Balaban J connectivity index is 1.82. The molecule has 3 nitrogen and oxygen atoms in total. The van der Waals surface area contributed by atoms with Gasteiger partial charge in [0.2, 0.25) is 0 Å². The maximum Gasteiger partial charge on any atom is 0.310 e. The smallest absolute Gasteiger partial charge is 0.310 e. The molecule has 0 aromatic carbocycles. The van der Waals surface area contributed by atoms with E-state index in [4.69, 9.17) is 4.74 Å². The molecule has 0 aromatic rings. The van der Waals surface area contributed by atoms with Crippen molar-refractivity contribution < 1.29 is 9.53 Å². The van der Waals surface area contributed by atoms with Gasteiger partial charge in [0.1, 0.15) is 0 Å². The Kier molecular flexibility index (Phi) is 4.24. The Labute approximate surface area is 103 Å². The summed E-state index contributed by atoms with van der Waals surface area (Å²) in [6.07, 6.45) is 10.4. The molecular weight excluding hydrogens is 214 g/mol. The maximum absolute atomic E-state index is 11.8. The van der Waals surface area contributed by atoms with Gasteiger partial charge in [0.15, 0.2) is 0 Å². The van der Waals surface area contributed by atoms with Gasteiger partial charge < -0.3 is 10.1 Å². The lowest BCUT2D eigenvalue weighted by Gasteiger charge is -2.32. The lowest BCUT2D eigenvalue weighted by atomic mass is 9.83. The van der Waals surface area contributed by atoms with Gasteiger partial charge in [-0.15, -0.1) is 0 Å². The number of nitrogens with one attached hydrogen (secondary N) is 1. The number of unbranched alkanes of at least 4 members (excludes halogenated alkanes) is 1. The second-order valence-electron chi connectivity index (χ2n) is 4.82. The van der Waals surface area contributed by atoms with Gasteiger partial charge in [0.05, 0.1) is 12.5 Å². The molecule has 0 radical (unpaired) electrons. The number of ether oxygens (including phenoxy) is 1. The Hall–Kier alpha value is -1.25. The van der Waals surface area contributed by atoms with Crippen molar-refractivity contribution in [2.45, 2.75) is 32.6 Å². The average Bonchev–Trinajstić information content (AvgIpc) is 2.38. The van der Waals surface area contributed by atoms with Crippen LogP contribution < -0.4 is 5.32 Å². The molecule has 1 saturated heterocycles. The third kappa shape index (κ3) is 3.11. The number of allylic oxidation sites excluding steroid dienone is 4. The first-order valence-corrected chi connectivity index (χ1v) is 6.58. The van der Waals surface area contributed by atoms with E-state index >= 15 is 0 Å². The van der Waals surface area contributed by atoms with E-state index in [1.807, 2.05) is 0 Å². The topological polar surface area (TPSA) is 38.3 Å². The summed E-state index contributed by atoms with van der Waals surface area (Å²) in [4.78, 5) is 11.8. The molecule has 2 aliphatic rings. The van der Waals surface area contributed by atoms with Crippen molar-refractivity contribution in [1.82, 2.24) is 5.32 Å². The predicted molar refractivity (Wildman–Crippen MR) is 67.3 cm³/mol. The van der Waals surface area contributed by atoms with Crippen LogP contribution >= 0.6 is 0 Å². The molecule has 3 heteroatoms. The van der Waals surface area contributed by atoms with E-state index in [-0.39, 0.29) is 11.9 Å². The maximum atomic E-state index is 11.8. The molecule has 0 aromatic heterocycles. The number of hydrogen-bond acceptors (Lipinski definition) is 3. The predicted octanol–water partition coefficient (Wildman–Crippen LogP) is 2.40. The molecule has 2 rings (SSSR count). The van der Waals surface area contributed by atoms with Gasteiger partial charge >= 0.3 is 5.97 Å². The molecule has 17 heavy (non-hydrogen) atoms. The summed E-state index contributed by atoms with van der Waals surface area (Å²) >= 11 is 0. The van der Waals surface area contributed by atoms with Gasteiger partial charge in [0.25, 0.3) is 0 Å². The molecule has 94 valence electrons.